The summed E-state index contributed by atoms with van der Waals surface area (Å²) in [6, 6.07) is 4.58. The number of hydrogen-bond donors (Lipinski definition) is 0. The molecule has 2 heterocycles. The van der Waals surface area contributed by atoms with E-state index in [1.54, 1.807) is 17.0 Å². The average Bonchev–Trinajstić information content (AvgIpc) is 3.15. The smallest absolute Gasteiger partial charge is 0.273 e. The summed E-state index contributed by atoms with van der Waals surface area (Å²) in [6.07, 6.45) is 1.26. The van der Waals surface area contributed by atoms with Gasteiger partial charge in [-0.25, -0.2) is 0 Å². The van der Waals surface area contributed by atoms with Crippen molar-refractivity contribution < 1.29 is 19.0 Å². The van der Waals surface area contributed by atoms with Crippen molar-refractivity contribution in [2.45, 2.75) is 19.4 Å². The maximum atomic E-state index is 12.7. The number of benzene rings is 1. The molecule has 9 nitrogen and oxygen atoms in total. The van der Waals surface area contributed by atoms with Crippen molar-refractivity contribution >= 4 is 11.6 Å². The lowest BCUT2D eigenvalue weighted by Crippen LogP contribution is -2.42. The molecule has 9 heteroatoms. The first-order valence-electron chi connectivity index (χ1n) is 7.54. The number of morpholine rings is 1. The Morgan fingerprint density at radius 3 is 3.00 bits per heavy atom. The number of rotatable bonds is 4. The van der Waals surface area contributed by atoms with Gasteiger partial charge in [0.05, 0.1) is 18.1 Å². The molecule has 1 saturated heterocycles. The topological polar surface area (TPSA) is 112 Å². The minimum absolute atomic E-state index is 0.0358. The average molecular weight is 332 g/mol. The molecule has 0 spiro atoms. The maximum absolute atomic E-state index is 12.7. The zero-order chi connectivity index (χ0) is 17.1. The third kappa shape index (κ3) is 3.11. The quantitative estimate of drug-likeness (QED) is 0.619. The number of carbonyl (C=O) groups is 1. The molecule has 1 aromatic carbocycles. The molecule has 2 aromatic rings. The third-order valence-corrected chi connectivity index (χ3v) is 3.93. The van der Waals surface area contributed by atoms with Crippen LogP contribution in [0.1, 0.15) is 34.8 Å². The van der Waals surface area contributed by atoms with E-state index in [0.717, 1.165) is 0 Å². The second kappa shape index (κ2) is 6.75. The Balaban J connectivity index is 1.81. The predicted molar refractivity (Wildman–Crippen MR) is 81.4 cm³/mol. The lowest BCUT2D eigenvalue weighted by atomic mass is 10.1. The van der Waals surface area contributed by atoms with E-state index in [4.69, 9.17) is 9.26 Å². The Morgan fingerprint density at radius 2 is 2.33 bits per heavy atom. The van der Waals surface area contributed by atoms with Crippen LogP contribution in [0.3, 0.4) is 0 Å². The molecule has 0 radical (unpaired) electrons. The summed E-state index contributed by atoms with van der Waals surface area (Å²) in [5, 5.41) is 14.9. The number of nitrogens with zero attached hydrogens (tertiary/aromatic N) is 4. The molecule has 1 aliphatic heterocycles. The molecular formula is C15H16N4O5. The molecule has 1 atom stereocenters. The van der Waals surface area contributed by atoms with Gasteiger partial charge in [-0.3, -0.25) is 14.9 Å². The van der Waals surface area contributed by atoms with Crippen molar-refractivity contribution in [3.05, 3.63) is 51.7 Å². The van der Waals surface area contributed by atoms with Gasteiger partial charge in [-0.05, 0) is 12.5 Å². The van der Waals surface area contributed by atoms with Gasteiger partial charge in [0, 0.05) is 23.7 Å². The number of nitro benzene ring substituents is 1. The highest BCUT2D eigenvalue weighted by atomic mass is 16.6. The van der Waals surface area contributed by atoms with Gasteiger partial charge in [0.25, 0.3) is 11.6 Å². The number of aromatic nitrogens is 2. The Bertz CT molecular complexity index is 746. The summed E-state index contributed by atoms with van der Waals surface area (Å²) in [5.41, 5.74) is 0.849. The van der Waals surface area contributed by atoms with E-state index in [1.165, 1.54) is 12.5 Å². The van der Waals surface area contributed by atoms with Gasteiger partial charge >= 0.3 is 0 Å². The Kier molecular flexibility index (Phi) is 4.52. The fourth-order valence-electron chi connectivity index (χ4n) is 2.66. The van der Waals surface area contributed by atoms with Gasteiger partial charge < -0.3 is 14.2 Å². The van der Waals surface area contributed by atoms with E-state index in [1.807, 2.05) is 6.92 Å². The van der Waals surface area contributed by atoms with Gasteiger partial charge in [-0.2, -0.15) is 4.98 Å². The van der Waals surface area contributed by atoms with Gasteiger partial charge in [0.2, 0.25) is 12.2 Å². The molecule has 3 rings (SSSR count). The molecule has 1 aliphatic rings. The summed E-state index contributed by atoms with van der Waals surface area (Å²) in [7, 11) is 0. The zero-order valence-electron chi connectivity index (χ0n) is 13.0. The van der Waals surface area contributed by atoms with E-state index in [0.29, 0.717) is 31.0 Å². The Morgan fingerprint density at radius 1 is 1.50 bits per heavy atom. The molecule has 126 valence electrons. The summed E-state index contributed by atoms with van der Waals surface area (Å²) in [4.78, 5) is 28.9. The second-order valence-corrected chi connectivity index (χ2v) is 5.35. The van der Waals surface area contributed by atoms with Crippen molar-refractivity contribution in [1.29, 1.82) is 0 Å². The van der Waals surface area contributed by atoms with E-state index in [9.17, 15) is 14.9 Å². The number of carbonyl (C=O) groups excluding carboxylic acids is 1. The Labute approximate surface area is 137 Å². The lowest BCUT2D eigenvalue weighted by molar-refractivity contribution is -0.385. The van der Waals surface area contributed by atoms with Crippen LogP contribution in [-0.4, -0.2) is 45.6 Å². The van der Waals surface area contributed by atoms with Crippen molar-refractivity contribution in [2.75, 3.05) is 19.7 Å². The number of aryl methyl sites for hydroxylation is 1. The molecule has 24 heavy (non-hydrogen) atoms. The molecule has 0 unspecified atom stereocenters. The molecule has 0 saturated carbocycles. The largest absolute Gasteiger partial charge is 0.366 e. The van der Waals surface area contributed by atoms with Crippen LogP contribution in [0.2, 0.25) is 0 Å². The molecule has 1 aromatic heterocycles. The van der Waals surface area contributed by atoms with Gasteiger partial charge in [0.15, 0.2) is 0 Å². The standard InChI is InChI=1S/C15H16N4O5/c1-2-10-3-4-11(7-12(10)19(21)22)15(20)18-5-6-23-13(8-18)14-16-9-24-17-14/h3-4,7,9,13H,2,5-6,8H2,1H3/t13-/m1/s1. The van der Waals surface area contributed by atoms with Gasteiger partial charge in [-0.15, -0.1) is 0 Å². The minimum Gasteiger partial charge on any atom is -0.366 e. The number of amides is 1. The molecule has 1 amide bonds. The highest BCUT2D eigenvalue weighted by Gasteiger charge is 2.29. The zero-order valence-corrected chi connectivity index (χ0v) is 13.0. The first kappa shape index (κ1) is 16.1. The monoisotopic (exact) mass is 332 g/mol. The molecule has 1 fully saturated rings. The molecular weight excluding hydrogens is 316 g/mol. The van der Waals surface area contributed by atoms with Crippen LogP contribution >= 0.6 is 0 Å². The summed E-state index contributed by atoms with van der Waals surface area (Å²) < 4.78 is 10.2. The SMILES string of the molecule is CCc1ccc(C(=O)N2CCO[C@@H](c3ncon3)C2)cc1[N+](=O)[O-]. The van der Waals surface area contributed by atoms with Crippen LogP contribution < -0.4 is 0 Å². The van der Waals surface area contributed by atoms with Crippen molar-refractivity contribution in [2.24, 2.45) is 0 Å². The highest BCUT2D eigenvalue weighted by molar-refractivity contribution is 5.95. The summed E-state index contributed by atoms with van der Waals surface area (Å²) in [5.74, 6) is 0.0948. The normalized spacial score (nSPS) is 17.7. The van der Waals surface area contributed by atoms with Crippen LogP contribution in [0.4, 0.5) is 5.69 Å². The minimum atomic E-state index is -0.466. The van der Waals surface area contributed by atoms with E-state index < -0.39 is 11.0 Å². The van der Waals surface area contributed by atoms with E-state index in [2.05, 4.69) is 10.1 Å². The first-order valence-corrected chi connectivity index (χ1v) is 7.54. The first-order chi connectivity index (χ1) is 11.6. The number of ether oxygens (including phenoxy) is 1. The van der Waals surface area contributed by atoms with Crippen LogP contribution in [0.15, 0.2) is 29.1 Å². The molecule has 0 N–H and O–H groups in total. The fraction of sp³-hybridized carbons (Fsp3) is 0.400. The molecule has 0 bridgehead atoms. The van der Waals surface area contributed by atoms with Crippen molar-refractivity contribution in [3.8, 4) is 0 Å². The van der Waals surface area contributed by atoms with Crippen LogP contribution in [0.5, 0.6) is 0 Å². The third-order valence-electron chi connectivity index (χ3n) is 3.93. The van der Waals surface area contributed by atoms with Crippen molar-refractivity contribution in [1.82, 2.24) is 15.0 Å². The van der Waals surface area contributed by atoms with E-state index in [-0.39, 0.29) is 23.7 Å². The summed E-state index contributed by atoms with van der Waals surface area (Å²) in [6.45, 7) is 2.83. The van der Waals surface area contributed by atoms with Crippen LogP contribution in [-0.2, 0) is 11.2 Å². The van der Waals surface area contributed by atoms with Gasteiger partial charge in [0.1, 0.15) is 6.10 Å². The second-order valence-electron chi connectivity index (χ2n) is 5.35. The molecule has 0 aliphatic carbocycles. The lowest BCUT2D eigenvalue weighted by Gasteiger charge is -2.31. The Hall–Kier alpha value is -2.81. The van der Waals surface area contributed by atoms with Crippen LogP contribution in [0, 0.1) is 10.1 Å². The fourth-order valence-corrected chi connectivity index (χ4v) is 2.66. The van der Waals surface area contributed by atoms with Gasteiger partial charge in [-0.1, -0.05) is 18.1 Å². The maximum Gasteiger partial charge on any atom is 0.273 e. The predicted octanol–water partition coefficient (Wildman–Crippen LogP) is 1.75. The number of nitro groups is 1. The van der Waals surface area contributed by atoms with Crippen LogP contribution in [0.25, 0.3) is 0 Å². The highest BCUT2D eigenvalue weighted by Crippen LogP contribution is 2.24. The van der Waals surface area contributed by atoms with E-state index >= 15 is 0 Å². The number of hydrogen-bond acceptors (Lipinski definition) is 7. The van der Waals surface area contributed by atoms with Crippen molar-refractivity contribution in [3.63, 3.8) is 0 Å². The summed E-state index contributed by atoms with van der Waals surface area (Å²) >= 11 is 0.